The van der Waals surface area contributed by atoms with E-state index in [0.717, 1.165) is 18.7 Å². The van der Waals surface area contributed by atoms with Crippen molar-refractivity contribution in [3.63, 3.8) is 0 Å². The summed E-state index contributed by atoms with van der Waals surface area (Å²) in [5.74, 6) is 0.397. The van der Waals surface area contributed by atoms with Crippen LogP contribution >= 0.6 is 0 Å². The lowest BCUT2D eigenvalue weighted by Crippen LogP contribution is -2.35. The quantitative estimate of drug-likeness (QED) is 0.705. The van der Waals surface area contributed by atoms with E-state index in [4.69, 9.17) is 14.2 Å². The van der Waals surface area contributed by atoms with Crippen LogP contribution in [0.15, 0.2) is 30.3 Å². The van der Waals surface area contributed by atoms with Crippen LogP contribution in [-0.4, -0.2) is 57.0 Å². The monoisotopic (exact) mass is 367 g/mol. The molecule has 6 nitrogen and oxygen atoms in total. The molecule has 0 unspecified atom stereocenters. The fourth-order valence-electron chi connectivity index (χ4n) is 3.75. The van der Waals surface area contributed by atoms with Crippen LogP contribution in [0.2, 0.25) is 0 Å². The van der Waals surface area contributed by atoms with E-state index >= 15 is 0 Å². The van der Waals surface area contributed by atoms with Gasteiger partial charge in [-0.25, -0.2) is 0 Å². The number of methoxy groups -OCH3 is 2. The maximum atomic E-state index is 13.2. The van der Waals surface area contributed by atoms with Gasteiger partial charge in [-0.15, -0.1) is 0 Å². The fourth-order valence-corrected chi connectivity index (χ4v) is 3.75. The molecule has 1 saturated heterocycles. The number of morpholine rings is 1. The summed E-state index contributed by atoms with van der Waals surface area (Å²) in [4.78, 5) is 28.6. The summed E-state index contributed by atoms with van der Waals surface area (Å²) < 4.78 is 16.2. The highest BCUT2D eigenvalue weighted by Crippen LogP contribution is 2.38. The molecule has 0 bridgehead atoms. The minimum absolute atomic E-state index is 0.180. The zero-order valence-electron chi connectivity index (χ0n) is 15.4. The molecule has 2 aromatic carbocycles. The first kappa shape index (κ1) is 17.7. The molecule has 0 aromatic heterocycles. The molecule has 0 atom stereocenters. The van der Waals surface area contributed by atoms with Gasteiger partial charge in [-0.1, -0.05) is 12.1 Å². The predicted molar refractivity (Wildman–Crippen MR) is 98.9 cm³/mol. The molecule has 4 rings (SSSR count). The Morgan fingerprint density at radius 3 is 2.33 bits per heavy atom. The number of rotatable bonds is 4. The van der Waals surface area contributed by atoms with Crippen LogP contribution in [0.1, 0.15) is 37.4 Å². The summed E-state index contributed by atoms with van der Waals surface area (Å²) in [6, 6.07) is 8.74. The molecule has 140 valence electrons. The maximum Gasteiger partial charge on any atom is 0.201 e. The SMILES string of the molecule is COc1cccc2c1C(=O)c1c(OC)cc(CN3CCOCC3)cc1C2=O. The maximum absolute atomic E-state index is 13.2. The summed E-state index contributed by atoms with van der Waals surface area (Å²) in [6.07, 6.45) is 0. The summed E-state index contributed by atoms with van der Waals surface area (Å²) in [6.45, 7) is 3.76. The molecule has 0 saturated carbocycles. The van der Waals surface area contributed by atoms with E-state index in [9.17, 15) is 9.59 Å². The van der Waals surface area contributed by atoms with Crippen molar-refractivity contribution in [3.8, 4) is 11.5 Å². The number of fused-ring (bicyclic) bond motifs is 2. The Morgan fingerprint density at radius 2 is 1.63 bits per heavy atom. The average molecular weight is 367 g/mol. The molecule has 6 heteroatoms. The van der Waals surface area contributed by atoms with Crippen LogP contribution in [0.25, 0.3) is 0 Å². The van der Waals surface area contributed by atoms with E-state index in [1.807, 2.05) is 12.1 Å². The minimum atomic E-state index is -0.244. The zero-order valence-corrected chi connectivity index (χ0v) is 15.4. The van der Waals surface area contributed by atoms with E-state index in [1.54, 1.807) is 18.2 Å². The van der Waals surface area contributed by atoms with Crippen molar-refractivity contribution < 1.29 is 23.8 Å². The number of ether oxygens (including phenoxy) is 3. The highest BCUT2D eigenvalue weighted by atomic mass is 16.5. The van der Waals surface area contributed by atoms with Gasteiger partial charge in [-0.3, -0.25) is 14.5 Å². The smallest absolute Gasteiger partial charge is 0.201 e. The van der Waals surface area contributed by atoms with Gasteiger partial charge in [0.2, 0.25) is 5.78 Å². The number of benzene rings is 2. The molecule has 1 heterocycles. The number of carbonyl (C=O) groups is 2. The van der Waals surface area contributed by atoms with Gasteiger partial charge in [-0.2, -0.15) is 0 Å². The van der Waals surface area contributed by atoms with Crippen LogP contribution in [0.3, 0.4) is 0 Å². The van der Waals surface area contributed by atoms with Crippen molar-refractivity contribution in [2.24, 2.45) is 0 Å². The van der Waals surface area contributed by atoms with Gasteiger partial charge < -0.3 is 14.2 Å². The van der Waals surface area contributed by atoms with E-state index < -0.39 is 0 Å². The third-order valence-electron chi connectivity index (χ3n) is 5.08. The van der Waals surface area contributed by atoms with Gasteiger partial charge in [0, 0.05) is 30.8 Å². The van der Waals surface area contributed by atoms with Gasteiger partial charge in [0.15, 0.2) is 5.78 Å². The third-order valence-corrected chi connectivity index (χ3v) is 5.08. The molecule has 0 spiro atoms. The number of ketones is 2. The largest absolute Gasteiger partial charge is 0.496 e. The number of nitrogens with zero attached hydrogens (tertiary/aromatic N) is 1. The minimum Gasteiger partial charge on any atom is -0.496 e. The molecule has 2 aliphatic rings. The molecule has 0 amide bonds. The normalized spacial score (nSPS) is 16.7. The van der Waals surface area contributed by atoms with Crippen molar-refractivity contribution in [3.05, 3.63) is 58.1 Å². The average Bonchev–Trinajstić information content (AvgIpc) is 2.71. The lowest BCUT2D eigenvalue weighted by atomic mass is 9.82. The summed E-state index contributed by atoms with van der Waals surface area (Å²) in [5.41, 5.74) is 2.32. The van der Waals surface area contributed by atoms with Crippen molar-refractivity contribution in [2.75, 3.05) is 40.5 Å². The van der Waals surface area contributed by atoms with E-state index in [0.29, 0.717) is 53.5 Å². The third kappa shape index (κ3) is 3.01. The number of carbonyl (C=O) groups excluding carboxylic acids is 2. The van der Waals surface area contributed by atoms with E-state index in [-0.39, 0.29) is 11.6 Å². The van der Waals surface area contributed by atoms with Gasteiger partial charge in [-0.05, 0) is 23.8 Å². The topological polar surface area (TPSA) is 65.1 Å². The van der Waals surface area contributed by atoms with Crippen LogP contribution < -0.4 is 9.47 Å². The highest BCUT2D eigenvalue weighted by molar-refractivity contribution is 6.30. The summed E-state index contributed by atoms with van der Waals surface area (Å²) in [7, 11) is 3.01. The Hall–Kier alpha value is -2.70. The molecule has 27 heavy (non-hydrogen) atoms. The summed E-state index contributed by atoms with van der Waals surface area (Å²) in [5, 5.41) is 0. The molecular weight excluding hydrogens is 346 g/mol. The molecule has 0 N–H and O–H groups in total. The molecule has 0 radical (unpaired) electrons. The standard InChI is InChI=1S/C21H21NO5/c1-25-16-5-3-4-14-18(16)21(24)19-15(20(14)23)10-13(11-17(19)26-2)12-22-6-8-27-9-7-22/h3-5,10-11H,6-9,12H2,1-2H3. The van der Waals surface area contributed by atoms with E-state index in [1.165, 1.54) is 14.2 Å². The van der Waals surface area contributed by atoms with Crippen LogP contribution in [-0.2, 0) is 11.3 Å². The van der Waals surface area contributed by atoms with Crippen molar-refractivity contribution in [1.29, 1.82) is 0 Å². The van der Waals surface area contributed by atoms with Gasteiger partial charge >= 0.3 is 0 Å². The zero-order chi connectivity index (χ0) is 19.0. The second kappa shape index (κ2) is 7.13. The summed E-state index contributed by atoms with van der Waals surface area (Å²) >= 11 is 0. The van der Waals surface area contributed by atoms with Gasteiger partial charge in [0.05, 0.1) is 38.6 Å². The Balaban J connectivity index is 1.80. The Labute approximate surface area is 157 Å². The van der Waals surface area contributed by atoms with Crippen molar-refractivity contribution >= 4 is 11.6 Å². The number of hydrogen-bond donors (Lipinski definition) is 0. The molecule has 1 fully saturated rings. The Bertz CT molecular complexity index is 915. The lowest BCUT2D eigenvalue weighted by molar-refractivity contribution is 0.0341. The first-order chi connectivity index (χ1) is 13.1. The molecule has 2 aromatic rings. The Morgan fingerprint density at radius 1 is 0.926 bits per heavy atom. The molecule has 1 aliphatic heterocycles. The Kier molecular flexibility index (Phi) is 4.68. The van der Waals surface area contributed by atoms with Gasteiger partial charge in [0.25, 0.3) is 0 Å². The first-order valence-corrected chi connectivity index (χ1v) is 8.91. The molecule has 1 aliphatic carbocycles. The van der Waals surface area contributed by atoms with E-state index in [2.05, 4.69) is 4.90 Å². The van der Waals surface area contributed by atoms with Crippen molar-refractivity contribution in [1.82, 2.24) is 4.90 Å². The first-order valence-electron chi connectivity index (χ1n) is 8.91. The second-order valence-electron chi connectivity index (χ2n) is 6.65. The highest BCUT2D eigenvalue weighted by Gasteiger charge is 2.35. The fraction of sp³-hybridized carbons (Fsp3) is 0.333. The number of hydrogen-bond acceptors (Lipinski definition) is 6. The predicted octanol–water partition coefficient (Wildman–Crippen LogP) is 2.31. The van der Waals surface area contributed by atoms with Crippen LogP contribution in [0, 0.1) is 0 Å². The second-order valence-corrected chi connectivity index (χ2v) is 6.65. The van der Waals surface area contributed by atoms with Crippen LogP contribution in [0.5, 0.6) is 11.5 Å². The van der Waals surface area contributed by atoms with Gasteiger partial charge in [0.1, 0.15) is 11.5 Å². The molecular formula is C21H21NO5. The lowest BCUT2D eigenvalue weighted by Gasteiger charge is -2.27. The van der Waals surface area contributed by atoms with Crippen LogP contribution in [0.4, 0.5) is 0 Å². The van der Waals surface area contributed by atoms with Crippen molar-refractivity contribution in [2.45, 2.75) is 6.54 Å².